The number of nitrogens with zero attached hydrogens (tertiary/aromatic N) is 2. The van der Waals surface area contributed by atoms with Crippen LogP contribution in [0.3, 0.4) is 0 Å². The molecule has 1 heterocycles. The van der Waals surface area contributed by atoms with Crippen molar-refractivity contribution in [3.8, 4) is 0 Å². The Bertz CT molecular complexity index is 230. The van der Waals surface area contributed by atoms with E-state index in [0.29, 0.717) is 0 Å². The lowest BCUT2D eigenvalue weighted by atomic mass is 10.2. The van der Waals surface area contributed by atoms with Crippen molar-refractivity contribution in [3.05, 3.63) is 18.2 Å². The molecule has 1 aromatic rings. The number of imidazole rings is 1. The smallest absolute Gasteiger partial charge is 0.0945 e. The lowest BCUT2D eigenvalue weighted by Gasteiger charge is -2.12. The van der Waals surface area contributed by atoms with Gasteiger partial charge in [-0.25, -0.2) is 4.98 Å². The standard InChI is InChI=1S/C8H15N3O/c1-9-7(5-12)3-8-4-10-6-11(8)2/h4,6-7,9,12H,3,5H2,1-2H3/t7-/m0/s1. The molecular formula is C8H15N3O. The Morgan fingerprint density at radius 2 is 2.50 bits per heavy atom. The maximum atomic E-state index is 8.92. The summed E-state index contributed by atoms with van der Waals surface area (Å²) < 4.78 is 1.96. The van der Waals surface area contributed by atoms with Crippen LogP contribution in [0.1, 0.15) is 5.69 Å². The number of aryl methyl sites for hydroxylation is 1. The minimum absolute atomic E-state index is 0.125. The molecule has 68 valence electrons. The molecule has 1 aromatic heterocycles. The largest absolute Gasteiger partial charge is 0.395 e. The minimum atomic E-state index is 0.125. The van der Waals surface area contributed by atoms with E-state index in [-0.39, 0.29) is 12.6 Å². The molecule has 2 N–H and O–H groups in total. The number of aromatic nitrogens is 2. The van der Waals surface area contributed by atoms with Gasteiger partial charge in [-0.15, -0.1) is 0 Å². The van der Waals surface area contributed by atoms with Gasteiger partial charge in [-0.3, -0.25) is 0 Å². The Hall–Kier alpha value is -0.870. The van der Waals surface area contributed by atoms with Gasteiger partial charge in [0.05, 0.1) is 12.9 Å². The second kappa shape index (κ2) is 4.23. The molecule has 12 heavy (non-hydrogen) atoms. The summed E-state index contributed by atoms with van der Waals surface area (Å²) in [6.45, 7) is 0.154. The highest BCUT2D eigenvalue weighted by Crippen LogP contribution is 2.00. The normalized spacial score (nSPS) is 13.2. The Balaban J connectivity index is 2.56. The van der Waals surface area contributed by atoms with Gasteiger partial charge >= 0.3 is 0 Å². The average Bonchev–Trinajstić information content (AvgIpc) is 2.47. The SMILES string of the molecule is CN[C@H](CO)Cc1cncn1C. The van der Waals surface area contributed by atoms with E-state index in [0.717, 1.165) is 12.1 Å². The van der Waals surface area contributed by atoms with Crippen molar-refractivity contribution in [2.45, 2.75) is 12.5 Å². The third-order valence-electron chi connectivity index (χ3n) is 2.00. The monoisotopic (exact) mass is 169 g/mol. The third kappa shape index (κ3) is 2.06. The summed E-state index contributed by atoms with van der Waals surface area (Å²) in [6, 6.07) is 0.125. The highest BCUT2D eigenvalue weighted by molar-refractivity contribution is 5.00. The van der Waals surface area contributed by atoms with E-state index < -0.39 is 0 Å². The van der Waals surface area contributed by atoms with Crippen LogP contribution in [-0.2, 0) is 13.5 Å². The number of hydrogen-bond acceptors (Lipinski definition) is 3. The number of aliphatic hydroxyl groups is 1. The van der Waals surface area contributed by atoms with Gasteiger partial charge in [-0.05, 0) is 7.05 Å². The minimum Gasteiger partial charge on any atom is -0.395 e. The van der Waals surface area contributed by atoms with Gasteiger partial charge in [0.2, 0.25) is 0 Å². The Morgan fingerprint density at radius 3 is 2.92 bits per heavy atom. The van der Waals surface area contributed by atoms with Gasteiger partial charge in [0.15, 0.2) is 0 Å². The lowest BCUT2D eigenvalue weighted by Crippen LogP contribution is -2.31. The Labute approximate surface area is 72.2 Å². The molecule has 1 atom stereocenters. The first-order valence-electron chi connectivity index (χ1n) is 4.01. The van der Waals surface area contributed by atoms with Crippen molar-refractivity contribution < 1.29 is 5.11 Å². The number of nitrogens with one attached hydrogen (secondary N) is 1. The number of likely N-dealkylation sites (N-methyl/N-ethyl adjacent to an activating group) is 1. The average molecular weight is 169 g/mol. The fourth-order valence-corrected chi connectivity index (χ4v) is 1.09. The van der Waals surface area contributed by atoms with Crippen molar-refractivity contribution in [1.82, 2.24) is 14.9 Å². The molecule has 0 saturated heterocycles. The highest BCUT2D eigenvalue weighted by atomic mass is 16.3. The van der Waals surface area contributed by atoms with Gasteiger partial charge in [0.1, 0.15) is 0 Å². The summed E-state index contributed by atoms with van der Waals surface area (Å²) >= 11 is 0. The molecule has 0 radical (unpaired) electrons. The first-order valence-corrected chi connectivity index (χ1v) is 4.01. The van der Waals surface area contributed by atoms with Crippen LogP contribution in [0.25, 0.3) is 0 Å². The molecule has 0 aliphatic carbocycles. The van der Waals surface area contributed by atoms with Crippen molar-refractivity contribution in [2.75, 3.05) is 13.7 Å². The van der Waals surface area contributed by atoms with Gasteiger partial charge in [-0.1, -0.05) is 0 Å². The number of aliphatic hydroxyl groups excluding tert-OH is 1. The third-order valence-corrected chi connectivity index (χ3v) is 2.00. The summed E-state index contributed by atoms with van der Waals surface area (Å²) in [5.41, 5.74) is 1.13. The molecule has 4 nitrogen and oxygen atoms in total. The maximum absolute atomic E-state index is 8.92. The van der Waals surface area contributed by atoms with Crippen LogP contribution >= 0.6 is 0 Å². The van der Waals surface area contributed by atoms with E-state index in [2.05, 4.69) is 10.3 Å². The summed E-state index contributed by atoms with van der Waals surface area (Å²) in [6.07, 6.45) is 4.39. The fraction of sp³-hybridized carbons (Fsp3) is 0.625. The van der Waals surface area contributed by atoms with Gasteiger partial charge < -0.3 is 15.0 Å². The first-order chi connectivity index (χ1) is 5.77. The van der Waals surface area contributed by atoms with Crippen molar-refractivity contribution in [3.63, 3.8) is 0 Å². The van der Waals surface area contributed by atoms with Gasteiger partial charge in [-0.2, -0.15) is 0 Å². The first kappa shape index (κ1) is 9.22. The van der Waals surface area contributed by atoms with Crippen molar-refractivity contribution >= 4 is 0 Å². The second-order valence-corrected chi connectivity index (χ2v) is 2.87. The zero-order chi connectivity index (χ0) is 8.97. The fourth-order valence-electron chi connectivity index (χ4n) is 1.09. The summed E-state index contributed by atoms with van der Waals surface area (Å²) in [7, 11) is 3.80. The molecule has 0 saturated carbocycles. The van der Waals surface area contributed by atoms with E-state index in [1.165, 1.54) is 0 Å². The number of rotatable bonds is 4. The van der Waals surface area contributed by atoms with E-state index in [1.807, 2.05) is 24.9 Å². The van der Waals surface area contributed by atoms with E-state index >= 15 is 0 Å². The molecule has 4 heteroatoms. The lowest BCUT2D eigenvalue weighted by molar-refractivity contribution is 0.247. The van der Waals surface area contributed by atoms with Crippen LogP contribution in [0.15, 0.2) is 12.5 Å². The molecule has 1 rings (SSSR count). The van der Waals surface area contributed by atoms with Crippen LogP contribution in [0.5, 0.6) is 0 Å². The molecular weight excluding hydrogens is 154 g/mol. The van der Waals surface area contributed by atoms with Crippen LogP contribution in [0.4, 0.5) is 0 Å². The molecule has 0 unspecified atom stereocenters. The summed E-state index contributed by atoms with van der Waals surface area (Å²) in [5, 5.41) is 11.9. The van der Waals surface area contributed by atoms with E-state index in [9.17, 15) is 0 Å². The van der Waals surface area contributed by atoms with Gasteiger partial charge in [0, 0.05) is 31.4 Å². The van der Waals surface area contributed by atoms with Crippen LogP contribution in [-0.4, -0.2) is 34.4 Å². The van der Waals surface area contributed by atoms with E-state index in [1.54, 1.807) is 6.33 Å². The zero-order valence-electron chi connectivity index (χ0n) is 7.49. The number of hydrogen-bond donors (Lipinski definition) is 2. The highest BCUT2D eigenvalue weighted by Gasteiger charge is 2.07. The van der Waals surface area contributed by atoms with Crippen LogP contribution in [0.2, 0.25) is 0 Å². The summed E-state index contributed by atoms with van der Waals surface area (Å²) in [4.78, 5) is 4.00. The molecule has 0 amide bonds. The molecule has 0 aliphatic rings. The van der Waals surface area contributed by atoms with Crippen molar-refractivity contribution in [1.29, 1.82) is 0 Å². The molecule has 0 aliphatic heterocycles. The van der Waals surface area contributed by atoms with Crippen LogP contribution in [0, 0.1) is 0 Å². The predicted molar refractivity (Wildman–Crippen MR) is 46.8 cm³/mol. The Morgan fingerprint density at radius 1 is 1.75 bits per heavy atom. The molecule has 0 spiro atoms. The molecule has 0 bridgehead atoms. The predicted octanol–water partition coefficient (Wildman–Crippen LogP) is -0.457. The van der Waals surface area contributed by atoms with Crippen molar-refractivity contribution in [2.24, 2.45) is 7.05 Å². The topological polar surface area (TPSA) is 50.1 Å². The zero-order valence-corrected chi connectivity index (χ0v) is 7.49. The molecule has 0 aromatic carbocycles. The van der Waals surface area contributed by atoms with Crippen LogP contribution < -0.4 is 5.32 Å². The Kier molecular flexibility index (Phi) is 3.25. The molecule has 0 fully saturated rings. The van der Waals surface area contributed by atoms with Gasteiger partial charge in [0.25, 0.3) is 0 Å². The maximum Gasteiger partial charge on any atom is 0.0945 e. The quantitative estimate of drug-likeness (QED) is 0.641. The summed E-state index contributed by atoms with van der Waals surface area (Å²) in [5.74, 6) is 0. The van der Waals surface area contributed by atoms with E-state index in [4.69, 9.17) is 5.11 Å². The second-order valence-electron chi connectivity index (χ2n) is 2.87.